The summed E-state index contributed by atoms with van der Waals surface area (Å²) in [6.07, 6.45) is 0. The first kappa shape index (κ1) is 16.1. The van der Waals surface area contributed by atoms with Crippen LogP contribution in [0.2, 0.25) is 5.02 Å². The van der Waals surface area contributed by atoms with Crippen LogP contribution in [0.25, 0.3) is 22.1 Å². The minimum absolute atomic E-state index is 0.441. The number of nitrogen functional groups attached to an aromatic ring is 1. The maximum absolute atomic E-state index is 6.19. The Hall–Kier alpha value is -2.36. The molecule has 126 valence electrons. The van der Waals surface area contributed by atoms with Gasteiger partial charge in [0.25, 0.3) is 0 Å². The van der Waals surface area contributed by atoms with Crippen LogP contribution in [-0.2, 0) is 5.75 Å². The number of nitrogens with two attached hydrogens (primary N) is 1. The van der Waals surface area contributed by atoms with E-state index in [0.29, 0.717) is 33.5 Å². The summed E-state index contributed by atoms with van der Waals surface area (Å²) in [6.45, 7) is 0. The number of benzene rings is 1. The van der Waals surface area contributed by atoms with Gasteiger partial charge in [0.2, 0.25) is 16.9 Å². The van der Waals surface area contributed by atoms with Crippen molar-refractivity contribution in [1.82, 2.24) is 25.0 Å². The van der Waals surface area contributed by atoms with Crippen molar-refractivity contribution in [1.29, 1.82) is 0 Å². The Morgan fingerprint density at radius 3 is 2.88 bits per heavy atom. The molecule has 3 aromatic heterocycles. The highest BCUT2D eigenvalue weighted by Crippen LogP contribution is 2.29. The number of thioether (sulfide) groups is 1. The molecule has 10 heteroatoms. The van der Waals surface area contributed by atoms with Crippen molar-refractivity contribution in [2.45, 2.75) is 10.9 Å². The van der Waals surface area contributed by atoms with Crippen LogP contribution in [0, 0.1) is 0 Å². The third kappa shape index (κ3) is 3.26. The highest BCUT2D eigenvalue weighted by atomic mass is 35.5. The van der Waals surface area contributed by atoms with Gasteiger partial charge < -0.3 is 10.4 Å². The van der Waals surface area contributed by atoms with Crippen LogP contribution < -0.4 is 5.84 Å². The van der Waals surface area contributed by atoms with Gasteiger partial charge in [-0.1, -0.05) is 46.7 Å². The fourth-order valence-electron chi connectivity index (χ4n) is 2.15. The normalized spacial score (nSPS) is 11.1. The summed E-state index contributed by atoms with van der Waals surface area (Å²) in [7, 11) is 0. The molecule has 2 N–H and O–H groups in total. The molecule has 0 unspecified atom stereocenters. The first-order chi connectivity index (χ1) is 12.2. The lowest BCUT2D eigenvalue weighted by molar-refractivity contribution is 0.391. The lowest BCUT2D eigenvalue weighted by Crippen LogP contribution is -2.11. The molecule has 25 heavy (non-hydrogen) atoms. The summed E-state index contributed by atoms with van der Waals surface area (Å²) in [5, 5.41) is 15.3. The van der Waals surface area contributed by atoms with E-state index in [1.54, 1.807) is 17.4 Å². The number of thiophene rings is 1. The third-order valence-electron chi connectivity index (χ3n) is 3.31. The van der Waals surface area contributed by atoms with Gasteiger partial charge in [-0.05, 0) is 23.6 Å². The van der Waals surface area contributed by atoms with Crippen molar-refractivity contribution in [2.75, 3.05) is 5.84 Å². The molecule has 3 heterocycles. The first-order valence-corrected chi connectivity index (χ1v) is 9.41. The van der Waals surface area contributed by atoms with Crippen molar-refractivity contribution in [2.24, 2.45) is 0 Å². The fraction of sp³-hybridized carbons (Fsp3) is 0.0667. The molecule has 0 saturated heterocycles. The molecule has 0 bridgehead atoms. The van der Waals surface area contributed by atoms with Crippen LogP contribution in [0.4, 0.5) is 0 Å². The summed E-state index contributed by atoms with van der Waals surface area (Å²) >= 11 is 9.11. The van der Waals surface area contributed by atoms with E-state index in [0.717, 1.165) is 10.4 Å². The van der Waals surface area contributed by atoms with E-state index >= 15 is 0 Å². The maximum Gasteiger partial charge on any atom is 0.237 e. The van der Waals surface area contributed by atoms with Gasteiger partial charge in [0.1, 0.15) is 0 Å². The van der Waals surface area contributed by atoms with Gasteiger partial charge in [0, 0.05) is 5.56 Å². The molecule has 0 aliphatic heterocycles. The third-order valence-corrected chi connectivity index (χ3v) is 5.44. The van der Waals surface area contributed by atoms with E-state index in [1.807, 2.05) is 35.7 Å². The quantitative estimate of drug-likeness (QED) is 0.409. The zero-order chi connectivity index (χ0) is 17.2. The molecule has 0 aliphatic rings. The second-order valence-electron chi connectivity index (χ2n) is 4.93. The topological polar surface area (TPSA) is 95.7 Å². The molecule has 0 spiro atoms. The zero-order valence-corrected chi connectivity index (χ0v) is 15.1. The largest absolute Gasteiger partial charge is 0.338 e. The van der Waals surface area contributed by atoms with Gasteiger partial charge >= 0.3 is 0 Å². The first-order valence-electron chi connectivity index (χ1n) is 7.17. The highest BCUT2D eigenvalue weighted by Gasteiger charge is 2.16. The van der Waals surface area contributed by atoms with E-state index in [4.69, 9.17) is 22.0 Å². The number of nitrogens with zero attached hydrogens (tertiary/aromatic N) is 5. The summed E-state index contributed by atoms with van der Waals surface area (Å²) in [5.74, 6) is 8.11. The Bertz CT molecular complexity index is 997. The number of rotatable bonds is 5. The molecule has 1 aromatic carbocycles. The molecular weight excluding hydrogens is 380 g/mol. The van der Waals surface area contributed by atoms with Crippen molar-refractivity contribution < 1.29 is 4.52 Å². The van der Waals surface area contributed by atoms with Crippen LogP contribution >= 0.6 is 34.7 Å². The molecule has 4 aromatic rings. The predicted octanol–water partition coefficient (Wildman–Crippen LogP) is 3.72. The second-order valence-corrected chi connectivity index (χ2v) is 7.23. The lowest BCUT2D eigenvalue weighted by Gasteiger charge is -2.04. The smallest absolute Gasteiger partial charge is 0.237 e. The fourth-order valence-corrected chi connectivity index (χ4v) is 3.71. The average Bonchev–Trinajstić information content (AvgIpc) is 3.35. The van der Waals surface area contributed by atoms with E-state index in [1.165, 1.54) is 16.4 Å². The number of hydrogen-bond acceptors (Lipinski definition) is 8. The maximum atomic E-state index is 6.19. The Labute approximate surface area is 155 Å². The van der Waals surface area contributed by atoms with Gasteiger partial charge in [0.15, 0.2) is 5.82 Å². The van der Waals surface area contributed by atoms with Crippen molar-refractivity contribution in [3.63, 3.8) is 0 Å². The number of halogens is 1. The Morgan fingerprint density at radius 1 is 1.20 bits per heavy atom. The summed E-state index contributed by atoms with van der Waals surface area (Å²) in [5.41, 5.74) is 0.726. The van der Waals surface area contributed by atoms with Gasteiger partial charge in [0.05, 0.1) is 15.7 Å². The highest BCUT2D eigenvalue weighted by molar-refractivity contribution is 7.98. The van der Waals surface area contributed by atoms with Crippen molar-refractivity contribution in [3.8, 4) is 22.1 Å². The van der Waals surface area contributed by atoms with E-state index < -0.39 is 0 Å². The van der Waals surface area contributed by atoms with Crippen LogP contribution in [0.15, 0.2) is 51.5 Å². The van der Waals surface area contributed by atoms with Crippen LogP contribution in [0.5, 0.6) is 0 Å². The molecule has 0 atom stereocenters. The molecule has 0 radical (unpaired) electrons. The Morgan fingerprint density at radius 2 is 2.08 bits per heavy atom. The lowest BCUT2D eigenvalue weighted by atomic mass is 10.2. The minimum Gasteiger partial charge on any atom is -0.338 e. The van der Waals surface area contributed by atoms with Crippen LogP contribution in [0.1, 0.15) is 5.89 Å². The van der Waals surface area contributed by atoms with Crippen LogP contribution in [0.3, 0.4) is 0 Å². The number of hydrogen-bond donors (Lipinski definition) is 1. The van der Waals surface area contributed by atoms with Crippen LogP contribution in [-0.4, -0.2) is 25.0 Å². The Balaban J connectivity index is 1.50. The van der Waals surface area contributed by atoms with Crippen molar-refractivity contribution in [3.05, 3.63) is 52.7 Å². The van der Waals surface area contributed by atoms with Crippen molar-refractivity contribution >= 4 is 34.7 Å². The molecule has 4 rings (SSSR count). The van der Waals surface area contributed by atoms with Gasteiger partial charge in [-0.15, -0.1) is 21.5 Å². The van der Waals surface area contributed by atoms with Gasteiger partial charge in [-0.25, -0.2) is 4.68 Å². The molecule has 0 aliphatic carbocycles. The van der Waals surface area contributed by atoms with E-state index in [-0.39, 0.29) is 0 Å². The summed E-state index contributed by atoms with van der Waals surface area (Å²) < 4.78 is 6.67. The molecule has 0 fully saturated rings. The molecule has 7 nitrogen and oxygen atoms in total. The van der Waals surface area contributed by atoms with Gasteiger partial charge in [-0.2, -0.15) is 4.98 Å². The van der Waals surface area contributed by atoms with Gasteiger partial charge in [-0.3, -0.25) is 0 Å². The summed E-state index contributed by atoms with van der Waals surface area (Å²) in [4.78, 5) is 5.33. The standard InChI is InChI=1S/C15H11ClN6OS2/c16-10-5-2-1-4-9(10)14-19-20-15(22(14)17)25-8-12-18-13(21-23-12)11-6-3-7-24-11/h1-7H,8,17H2. The number of aromatic nitrogens is 5. The zero-order valence-electron chi connectivity index (χ0n) is 12.7. The molecule has 0 amide bonds. The van der Waals surface area contributed by atoms with E-state index in [2.05, 4.69) is 20.3 Å². The summed E-state index contributed by atoms with van der Waals surface area (Å²) in [6, 6.07) is 11.2. The average molecular weight is 391 g/mol. The van der Waals surface area contributed by atoms with E-state index in [9.17, 15) is 0 Å². The molecular formula is C15H11ClN6OS2. The molecule has 0 saturated carbocycles. The Kier molecular flexibility index (Phi) is 4.43. The minimum atomic E-state index is 0.441. The monoisotopic (exact) mass is 390 g/mol. The SMILES string of the molecule is Nn1c(SCc2nc(-c3cccs3)no2)nnc1-c1ccccc1Cl. The predicted molar refractivity (Wildman–Crippen MR) is 97.8 cm³/mol. The second kappa shape index (κ2) is 6.87.